The number of sulfonamides is 1. The smallest absolute Gasteiger partial charge is 0.254 e. The number of carbonyl (C=O) groups is 1. The van der Waals surface area contributed by atoms with Crippen LogP contribution < -0.4 is 4.72 Å². The average molecular weight is 346 g/mol. The molecule has 0 saturated carbocycles. The molecule has 0 aliphatic heterocycles. The van der Waals surface area contributed by atoms with Crippen molar-refractivity contribution in [1.82, 2.24) is 9.62 Å². The van der Waals surface area contributed by atoms with E-state index in [0.29, 0.717) is 5.76 Å². The molecular weight excluding hydrogens is 328 g/mol. The number of furan rings is 1. The van der Waals surface area contributed by atoms with Gasteiger partial charge in [0.05, 0.1) is 23.7 Å². The van der Waals surface area contributed by atoms with Gasteiger partial charge in [0.15, 0.2) is 0 Å². The number of hydrogen-bond donors (Lipinski definition) is 1. The number of benzene rings is 1. The minimum Gasteiger partial charge on any atom is -0.467 e. The topological polar surface area (TPSA) is 79.6 Å². The van der Waals surface area contributed by atoms with Crippen LogP contribution in [0.1, 0.15) is 29.1 Å². The fourth-order valence-electron chi connectivity index (χ4n) is 2.12. The summed E-state index contributed by atoms with van der Waals surface area (Å²) >= 11 is 0. The van der Waals surface area contributed by atoms with E-state index in [1.807, 2.05) is 6.92 Å². The van der Waals surface area contributed by atoms with Gasteiger partial charge in [0.25, 0.3) is 5.91 Å². The summed E-state index contributed by atoms with van der Waals surface area (Å²) in [5.74, 6) is 2.54. The Morgan fingerprint density at radius 2 is 2.12 bits per heavy atom. The molecule has 7 heteroatoms. The molecule has 0 aliphatic rings. The zero-order valence-electron chi connectivity index (χ0n) is 13.4. The second-order valence-electron chi connectivity index (χ2n) is 5.16. The number of carbonyl (C=O) groups excluding carboxylic acids is 1. The third-order valence-electron chi connectivity index (χ3n) is 3.61. The van der Waals surface area contributed by atoms with Crippen LogP contribution >= 0.6 is 0 Å². The maximum Gasteiger partial charge on any atom is 0.254 e. The highest BCUT2D eigenvalue weighted by Crippen LogP contribution is 2.22. The predicted molar refractivity (Wildman–Crippen MR) is 89.7 cm³/mol. The molecule has 6 nitrogen and oxygen atoms in total. The Hall–Kier alpha value is -2.56. The van der Waals surface area contributed by atoms with Gasteiger partial charge in [-0.15, -0.1) is 6.42 Å². The highest BCUT2D eigenvalue weighted by atomic mass is 32.2. The second kappa shape index (κ2) is 7.34. The van der Waals surface area contributed by atoms with Crippen molar-refractivity contribution in [3.63, 3.8) is 0 Å². The lowest BCUT2D eigenvalue weighted by molar-refractivity contribution is 0.0726. The lowest BCUT2D eigenvalue weighted by Gasteiger charge is -2.23. The van der Waals surface area contributed by atoms with Gasteiger partial charge in [-0.3, -0.25) is 4.79 Å². The molecule has 0 aliphatic carbocycles. The van der Waals surface area contributed by atoms with Crippen LogP contribution in [0.5, 0.6) is 0 Å². The van der Waals surface area contributed by atoms with E-state index < -0.39 is 10.0 Å². The Morgan fingerprint density at radius 3 is 2.75 bits per heavy atom. The molecule has 1 N–H and O–H groups in total. The molecule has 1 atom stereocenters. The van der Waals surface area contributed by atoms with Crippen molar-refractivity contribution in [3.05, 3.63) is 54.0 Å². The van der Waals surface area contributed by atoms with Crippen molar-refractivity contribution < 1.29 is 17.6 Å². The standard InChI is InChI=1S/C17H18N2O4S/c1-4-10-18-24(21,22)15-8-5-7-14(12-15)17(20)19(3)13(2)16-9-6-11-23-16/h1,5-9,11-13,18H,10H2,2-3H3. The van der Waals surface area contributed by atoms with Crippen molar-refractivity contribution in [1.29, 1.82) is 0 Å². The van der Waals surface area contributed by atoms with Gasteiger partial charge >= 0.3 is 0 Å². The van der Waals surface area contributed by atoms with E-state index in [-0.39, 0.29) is 29.0 Å². The van der Waals surface area contributed by atoms with Gasteiger partial charge in [-0.25, -0.2) is 8.42 Å². The Balaban J connectivity index is 2.25. The van der Waals surface area contributed by atoms with Crippen LogP contribution in [-0.2, 0) is 10.0 Å². The molecule has 0 saturated heterocycles. The molecule has 2 rings (SSSR count). The Bertz CT molecular complexity index is 851. The fourth-order valence-corrected chi connectivity index (χ4v) is 3.10. The molecule has 0 spiro atoms. The van der Waals surface area contributed by atoms with E-state index in [4.69, 9.17) is 10.8 Å². The van der Waals surface area contributed by atoms with Crippen LogP contribution in [0.4, 0.5) is 0 Å². The first-order valence-corrected chi connectivity index (χ1v) is 8.69. The Labute approximate surface area is 141 Å². The molecular formula is C17H18N2O4S. The van der Waals surface area contributed by atoms with Crippen LogP contribution in [0.2, 0.25) is 0 Å². The molecule has 1 unspecified atom stereocenters. The molecule has 1 aromatic heterocycles. The predicted octanol–water partition coefficient (Wildman–Crippen LogP) is 2.02. The van der Waals surface area contributed by atoms with Crippen LogP contribution in [0.25, 0.3) is 0 Å². The summed E-state index contributed by atoms with van der Waals surface area (Å²) in [5.41, 5.74) is 0.263. The third-order valence-corrected chi connectivity index (χ3v) is 5.01. The van der Waals surface area contributed by atoms with Crippen molar-refractivity contribution >= 4 is 15.9 Å². The van der Waals surface area contributed by atoms with Crippen molar-refractivity contribution in [2.24, 2.45) is 0 Å². The zero-order chi connectivity index (χ0) is 17.7. The van der Waals surface area contributed by atoms with Gasteiger partial charge in [0, 0.05) is 12.6 Å². The van der Waals surface area contributed by atoms with Crippen LogP contribution in [0.3, 0.4) is 0 Å². The molecule has 0 bridgehead atoms. The SMILES string of the molecule is C#CCNS(=O)(=O)c1cccc(C(=O)N(C)C(C)c2ccco2)c1. The first kappa shape index (κ1) is 17.8. The molecule has 2 aromatic rings. The largest absolute Gasteiger partial charge is 0.467 e. The Kier molecular flexibility index (Phi) is 5.44. The second-order valence-corrected chi connectivity index (χ2v) is 6.93. The van der Waals surface area contributed by atoms with Gasteiger partial charge in [0.1, 0.15) is 5.76 Å². The first-order valence-electron chi connectivity index (χ1n) is 7.20. The summed E-state index contributed by atoms with van der Waals surface area (Å²) < 4.78 is 31.8. The van der Waals surface area contributed by atoms with Gasteiger partial charge in [-0.2, -0.15) is 4.72 Å². The summed E-state index contributed by atoms with van der Waals surface area (Å²) in [6.45, 7) is 1.71. The first-order chi connectivity index (χ1) is 11.4. The van der Waals surface area contributed by atoms with E-state index in [1.165, 1.54) is 29.4 Å². The molecule has 0 radical (unpaired) electrons. The van der Waals surface area contributed by atoms with E-state index >= 15 is 0 Å². The lowest BCUT2D eigenvalue weighted by atomic mass is 10.1. The van der Waals surface area contributed by atoms with Crippen molar-refractivity contribution in [3.8, 4) is 12.3 Å². The van der Waals surface area contributed by atoms with Crippen LogP contribution in [-0.4, -0.2) is 32.8 Å². The molecule has 0 fully saturated rings. The van der Waals surface area contributed by atoms with Crippen molar-refractivity contribution in [2.45, 2.75) is 17.9 Å². The highest BCUT2D eigenvalue weighted by Gasteiger charge is 2.22. The summed E-state index contributed by atoms with van der Waals surface area (Å²) in [7, 11) is -2.12. The summed E-state index contributed by atoms with van der Waals surface area (Å²) in [5, 5.41) is 0. The molecule has 1 heterocycles. The molecule has 1 aromatic carbocycles. The van der Waals surface area contributed by atoms with Gasteiger partial charge in [-0.1, -0.05) is 12.0 Å². The fraction of sp³-hybridized carbons (Fsp3) is 0.235. The lowest BCUT2D eigenvalue weighted by Crippen LogP contribution is -2.30. The minimum absolute atomic E-state index is 0.0114. The quantitative estimate of drug-likeness (QED) is 0.812. The number of nitrogens with one attached hydrogen (secondary N) is 1. The van der Waals surface area contributed by atoms with E-state index in [0.717, 1.165) is 0 Å². The zero-order valence-corrected chi connectivity index (χ0v) is 14.2. The summed E-state index contributed by atoms with van der Waals surface area (Å²) in [6, 6.07) is 9.05. The molecule has 126 valence electrons. The number of hydrogen-bond acceptors (Lipinski definition) is 4. The number of rotatable bonds is 6. The average Bonchev–Trinajstić information content (AvgIpc) is 3.12. The highest BCUT2D eigenvalue weighted by molar-refractivity contribution is 7.89. The van der Waals surface area contributed by atoms with Crippen molar-refractivity contribution in [2.75, 3.05) is 13.6 Å². The van der Waals surface area contributed by atoms with Gasteiger partial charge in [0.2, 0.25) is 10.0 Å². The third kappa shape index (κ3) is 3.85. The van der Waals surface area contributed by atoms with E-state index in [9.17, 15) is 13.2 Å². The summed E-state index contributed by atoms with van der Waals surface area (Å²) in [6.07, 6.45) is 6.60. The number of terminal acetylenes is 1. The summed E-state index contributed by atoms with van der Waals surface area (Å²) in [4.78, 5) is 14.1. The van der Waals surface area contributed by atoms with Gasteiger partial charge in [-0.05, 0) is 37.3 Å². The molecule has 1 amide bonds. The minimum atomic E-state index is -3.75. The van der Waals surface area contributed by atoms with Crippen LogP contribution in [0, 0.1) is 12.3 Å². The van der Waals surface area contributed by atoms with Crippen LogP contribution in [0.15, 0.2) is 52.0 Å². The normalized spacial score (nSPS) is 12.4. The monoisotopic (exact) mass is 346 g/mol. The maximum atomic E-state index is 12.6. The number of nitrogens with zero attached hydrogens (tertiary/aromatic N) is 1. The maximum absolute atomic E-state index is 12.6. The van der Waals surface area contributed by atoms with Gasteiger partial charge < -0.3 is 9.32 Å². The van der Waals surface area contributed by atoms with E-state index in [2.05, 4.69) is 10.6 Å². The van der Waals surface area contributed by atoms with E-state index in [1.54, 1.807) is 25.2 Å². The Morgan fingerprint density at radius 1 is 1.38 bits per heavy atom. The number of amides is 1. The molecule has 24 heavy (non-hydrogen) atoms.